The molecular weight excluding hydrogens is 653 g/mol. The van der Waals surface area contributed by atoms with Gasteiger partial charge >= 0.3 is 0 Å². The van der Waals surface area contributed by atoms with E-state index >= 15 is 0 Å². The number of hydrogen-bond donors (Lipinski definition) is 0. The molecule has 0 bridgehead atoms. The summed E-state index contributed by atoms with van der Waals surface area (Å²) in [5.74, 6) is 0. The molecule has 0 spiro atoms. The largest absolute Gasteiger partial charge is 0.452 e. The van der Waals surface area contributed by atoms with Crippen molar-refractivity contribution >= 4 is 75.1 Å². The molecule has 52 heavy (non-hydrogen) atoms. The molecule has 242 valence electrons. The number of aromatic nitrogens is 2. The van der Waals surface area contributed by atoms with Crippen molar-refractivity contribution in [1.29, 1.82) is 0 Å². The van der Waals surface area contributed by atoms with Crippen LogP contribution in [0.2, 0.25) is 0 Å². The summed E-state index contributed by atoms with van der Waals surface area (Å²) >= 11 is 1.75. The van der Waals surface area contributed by atoms with Crippen molar-refractivity contribution < 1.29 is 22.2 Å². The van der Waals surface area contributed by atoms with Gasteiger partial charge in [0.1, 0.15) is 23.1 Å². The first-order valence-corrected chi connectivity index (χ1v) is 17.2. The Balaban J connectivity index is 1.06. The summed E-state index contributed by atoms with van der Waals surface area (Å²) in [6, 6.07) is 19.7. The van der Waals surface area contributed by atoms with E-state index in [2.05, 4.69) is 52.4 Å². The number of nitrogens with zero attached hydrogens (tertiary/aromatic N) is 2. The predicted octanol–water partition coefficient (Wildman–Crippen LogP) is 13.7. The Labute approximate surface area is 321 Å². The minimum absolute atomic E-state index is 0.0475. The van der Waals surface area contributed by atoms with Crippen LogP contribution < -0.4 is 0 Å². The predicted molar refractivity (Wildman–Crippen MR) is 219 cm³/mol. The zero-order valence-electron chi connectivity index (χ0n) is 39.9. The minimum atomic E-state index is -0.710. The second-order valence-electron chi connectivity index (χ2n) is 12.3. The maximum atomic E-state index is 9.37. The van der Waals surface area contributed by atoms with Gasteiger partial charge in [-0.1, -0.05) is 121 Å². The Morgan fingerprint density at radius 1 is 0.519 bits per heavy atom. The molecule has 0 N–H and O–H groups in total. The van der Waals surface area contributed by atoms with Gasteiger partial charge in [-0.2, -0.15) is 0 Å². The maximum Gasteiger partial charge on any atom is 0.180 e. The summed E-state index contributed by atoms with van der Waals surface area (Å²) in [5, 5.41) is 1.53. The summed E-state index contributed by atoms with van der Waals surface area (Å²) < 4.78 is 124. The highest BCUT2D eigenvalue weighted by molar-refractivity contribution is 7.26. The van der Waals surface area contributed by atoms with Crippen LogP contribution in [-0.2, 0) is 0 Å². The van der Waals surface area contributed by atoms with Crippen molar-refractivity contribution in [3.05, 3.63) is 170 Å². The van der Waals surface area contributed by atoms with Crippen LogP contribution >= 0.6 is 11.3 Å². The molecule has 3 nitrogen and oxygen atoms in total. The van der Waals surface area contributed by atoms with Gasteiger partial charge in [0.25, 0.3) is 0 Å². The summed E-state index contributed by atoms with van der Waals surface area (Å²) in [6.45, 7) is 0. The lowest BCUT2D eigenvalue weighted by Gasteiger charge is -2.08. The van der Waals surface area contributed by atoms with Gasteiger partial charge in [0.2, 0.25) is 0 Å². The lowest BCUT2D eigenvalue weighted by molar-refractivity contribution is 0.667. The Hall–Kier alpha value is -6.62. The van der Waals surface area contributed by atoms with E-state index in [1.54, 1.807) is 29.5 Å². The van der Waals surface area contributed by atoms with Crippen LogP contribution in [-0.4, -0.2) is 9.97 Å². The average molecular weight is 694 g/mol. The highest BCUT2D eigenvalue weighted by Crippen LogP contribution is 2.42. The third-order valence-corrected chi connectivity index (χ3v) is 10.5. The quantitative estimate of drug-likeness (QED) is 0.184. The number of hydrogen-bond acceptors (Lipinski definition) is 4. The molecule has 0 aliphatic rings. The van der Waals surface area contributed by atoms with Gasteiger partial charge < -0.3 is 4.42 Å². The lowest BCUT2D eigenvalue weighted by Crippen LogP contribution is -1.88. The van der Waals surface area contributed by atoms with Crippen molar-refractivity contribution in [2.75, 3.05) is 0 Å². The highest BCUT2D eigenvalue weighted by atomic mass is 32.1. The highest BCUT2D eigenvalue weighted by Gasteiger charge is 2.17. The molecule has 4 heteroatoms. The van der Waals surface area contributed by atoms with Crippen LogP contribution in [0.25, 0.3) is 108 Å². The summed E-state index contributed by atoms with van der Waals surface area (Å²) in [4.78, 5) is 9.23. The summed E-state index contributed by atoms with van der Waals surface area (Å²) in [5.41, 5.74) is 4.03. The molecule has 3 aromatic heterocycles. The van der Waals surface area contributed by atoms with E-state index in [1.807, 2.05) is 24.3 Å². The first kappa shape index (κ1) is 19.1. The zero-order chi connectivity index (χ0) is 45.5. The van der Waals surface area contributed by atoms with Gasteiger partial charge in [0, 0.05) is 31.1 Å². The van der Waals surface area contributed by atoms with Crippen molar-refractivity contribution in [3.8, 4) is 44.6 Å². The fourth-order valence-corrected chi connectivity index (χ4v) is 8.03. The molecule has 8 aromatic carbocycles. The molecule has 0 fully saturated rings. The monoisotopic (exact) mass is 693 g/mol. The van der Waals surface area contributed by atoms with Gasteiger partial charge in [-0.3, -0.25) is 0 Å². The number of rotatable bonds is 4. The molecule has 3 heterocycles. The van der Waals surface area contributed by atoms with Crippen molar-refractivity contribution in [3.63, 3.8) is 0 Å². The number of thiophene rings is 1. The molecule has 0 saturated carbocycles. The van der Waals surface area contributed by atoms with Crippen LogP contribution in [0, 0.1) is 0 Å². The Morgan fingerprint density at radius 2 is 1.21 bits per heavy atom. The number of fused-ring (bicyclic) bond motifs is 8. The molecule has 11 rings (SSSR count). The van der Waals surface area contributed by atoms with Gasteiger partial charge in [-0.25, -0.2) is 9.97 Å². The molecule has 0 aliphatic carbocycles. The van der Waals surface area contributed by atoms with E-state index in [4.69, 9.17) is 16.8 Å². The van der Waals surface area contributed by atoms with Crippen LogP contribution in [0.5, 0.6) is 0 Å². The Morgan fingerprint density at radius 3 is 2.06 bits per heavy atom. The minimum Gasteiger partial charge on any atom is -0.452 e. The lowest BCUT2D eigenvalue weighted by atomic mass is 9.96. The van der Waals surface area contributed by atoms with E-state index in [0.717, 1.165) is 16.7 Å². The van der Waals surface area contributed by atoms with Gasteiger partial charge in [0.05, 0.1) is 17.8 Å². The van der Waals surface area contributed by atoms with Crippen LogP contribution in [0.4, 0.5) is 0 Å². The van der Waals surface area contributed by atoms with Crippen molar-refractivity contribution in [1.82, 2.24) is 9.97 Å². The Kier molecular flexibility index (Phi) is 4.21. The summed E-state index contributed by atoms with van der Waals surface area (Å²) in [7, 11) is 0. The fraction of sp³-hybridized carbons (Fsp3) is 0. The molecule has 0 saturated heterocycles. The third-order valence-electron chi connectivity index (χ3n) is 9.27. The second-order valence-corrected chi connectivity index (χ2v) is 13.4. The molecule has 0 amide bonds. The van der Waals surface area contributed by atoms with E-state index < -0.39 is 95.1 Å². The second kappa shape index (κ2) is 11.5. The number of furan rings is 1. The molecule has 11 aromatic rings. The van der Waals surface area contributed by atoms with Crippen LogP contribution in [0.3, 0.4) is 0 Å². The fourth-order valence-electron chi connectivity index (χ4n) is 6.80. The number of benzene rings is 8. The smallest absolute Gasteiger partial charge is 0.180 e. The topological polar surface area (TPSA) is 38.9 Å². The van der Waals surface area contributed by atoms with E-state index in [1.165, 1.54) is 26.5 Å². The summed E-state index contributed by atoms with van der Waals surface area (Å²) in [6.07, 6.45) is 1.44. The molecular formula is C48H28N2OS. The zero-order valence-corrected chi connectivity index (χ0v) is 27.7. The van der Waals surface area contributed by atoms with Crippen molar-refractivity contribution in [2.45, 2.75) is 0 Å². The van der Waals surface area contributed by atoms with Gasteiger partial charge in [0.15, 0.2) is 5.58 Å². The molecule has 0 atom stereocenters. The van der Waals surface area contributed by atoms with Crippen LogP contribution in [0.1, 0.15) is 17.8 Å². The van der Waals surface area contributed by atoms with Crippen LogP contribution in [0.15, 0.2) is 174 Å². The molecule has 0 unspecified atom stereocenters. The SMILES string of the molecule is [2H]c1c([2H])c([2H])c2c([2H])c(-c3c([2H])c([2H])c4c([2H])c(-c5ccc6oc7c(-c8cccc(-c9cccc%10c9sc9ccccc9%10)c8)ncnc7c6c5)c([2H])c([2H])c4c3[2H])c([2H])c([2H])c2c1[2H]. The maximum absolute atomic E-state index is 9.37. The average Bonchev–Trinajstić information content (AvgIpc) is 3.89. The molecule has 0 radical (unpaired) electrons. The first-order chi connectivity index (χ1) is 31.2. The molecule has 0 aliphatic heterocycles. The van der Waals surface area contributed by atoms with E-state index in [-0.39, 0.29) is 21.7 Å². The third kappa shape index (κ3) is 4.65. The standard InChI is InChI=1S/C48H28N2OS/c1-2-8-30-23-31(16-15-29(30)7-1)32-17-18-34-25-35(20-19-33(34)24-32)36-21-22-43-42(27-36)46-47(51-43)45(49-28-50-46)38-10-5-9-37(26-38)39-12-6-13-41-40-11-3-4-14-44(40)52-48(39)41/h1-28H/i1D,2D,7D,8D,15D,16D,17D,18D,19D,20D,23D,24D,25D. The first-order valence-electron chi connectivity index (χ1n) is 22.9. The van der Waals surface area contributed by atoms with Gasteiger partial charge in [-0.15, -0.1) is 11.3 Å². The van der Waals surface area contributed by atoms with Crippen molar-refractivity contribution in [2.24, 2.45) is 0 Å². The van der Waals surface area contributed by atoms with E-state index in [0.29, 0.717) is 33.3 Å². The Bertz CT molecular complexity index is 3960. The van der Waals surface area contributed by atoms with E-state index in [9.17, 15) is 5.48 Å². The normalized spacial score (nSPS) is 15.3. The van der Waals surface area contributed by atoms with Gasteiger partial charge in [-0.05, 0) is 97.3 Å².